The lowest BCUT2D eigenvalue weighted by molar-refractivity contribution is 0.0387. The van der Waals surface area contributed by atoms with Crippen molar-refractivity contribution in [2.45, 2.75) is 19.3 Å². The molecular formula is C17H27N3O2. The molecule has 0 aromatic heterocycles. The van der Waals surface area contributed by atoms with E-state index in [1.54, 1.807) is 0 Å². The van der Waals surface area contributed by atoms with Crippen molar-refractivity contribution in [1.82, 2.24) is 15.5 Å². The van der Waals surface area contributed by atoms with Crippen LogP contribution in [0.2, 0.25) is 0 Å². The maximum atomic E-state index is 11.7. The molecule has 1 atom stereocenters. The fourth-order valence-electron chi connectivity index (χ4n) is 2.57. The van der Waals surface area contributed by atoms with Crippen LogP contribution in [0.1, 0.15) is 24.8 Å². The van der Waals surface area contributed by atoms with Gasteiger partial charge < -0.3 is 15.4 Å². The minimum Gasteiger partial charge on any atom is -0.379 e. The van der Waals surface area contributed by atoms with Gasteiger partial charge in [-0.1, -0.05) is 37.3 Å². The van der Waals surface area contributed by atoms with Gasteiger partial charge in [0, 0.05) is 32.7 Å². The van der Waals surface area contributed by atoms with Crippen LogP contribution in [0.5, 0.6) is 0 Å². The van der Waals surface area contributed by atoms with Crippen LogP contribution in [0.25, 0.3) is 0 Å². The molecule has 5 heteroatoms. The van der Waals surface area contributed by atoms with E-state index in [0.717, 1.165) is 39.3 Å². The van der Waals surface area contributed by atoms with Crippen molar-refractivity contribution in [2.24, 2.45) is 0 Å². The Morgan fingerprint density at radius 3 is 2.59 bits per heavy atom. The normalized spacial score (nSPS) is 17.0. The number of hydrogen-bond acceptors (Lipinski definition) is 3. The molecule has 2 amide bonds. The molecule has 0 radical (unpaired) electrons. The van der Waals surface area contributed by atoms with Gasteiger partial charge in [-0.3, -0.25) is 4.90 Å². The third-order valence-corrected chi connectivity index (χ3v) is 4.05. The predicted molar refractivity (Wildman–Crippen MR) is 88.1 cm³/mol. The molecule has 22 heavy (non-hydrogen) atoms. The molecule has 0 spiro atoms. The van der Waals surface area contributed by atoms with Crippen molar-refractivity contribution in [2.75, 3.05) is 45.9 Å². The van der Waals surface area contributed by atoms with E-state index in [1.807, 2.05) is 6.07 Å². The van der Waals surface area contributed by atoms with Crippen LogP contribution in [0.4, 0.5) is 4.79 Å². The lowest BCUT2D eigenvalue weighted by Crippen LogP contribution is -2.43. The summed E-state index contributed by atoms with van der Waals surface area (Å²) in [7, 11) is 0. The second-order valence-corrected chi connectivity index (χ2v) is 5.74. The Bertz CT molecular complexity index is 433. The van der Waals surface area contributed by atoms with Gasteiger partial charge in [0.15, 0.2) is 0 Å². The molecule has 0 unspecified atom stereocenters. The number of hydrogen-bond donors (Lipinski definition) is 2. The van der Waals surface area contributed by atoms with E-state index in [9.17, 15) is 4.79 Å². The first-order valence-electron chi connectivity index (χ1n) is 8.12. The van der Waals surface area contributed by atoms with Crippen LogP contribution in [-0.4, -0.2) is 56.9 Å². The minimum absolute atomic E-state index is 0.0754. The summed E-state index contributed by atoms with van der Waals surface area (Å²) in [6, 6.07) is 10.3. The molecule has 2 N–H and O–H groups in total. The first kappa shape index (κ1) is 16.8. The lowest BCUT2D eigenvalue weighted by atomic mass is 9.98. The quantitative estimate of drug-likeness (QED) is 0.808. The Balaban J connectivity index is 1.54. The summed E-state index contributed by atoms with van der Waals surface area (Å²) in [4.78, 5) is 14.0. The Morgan fingerprint density at radius 2 is 1.86 bits per heavy atom. The molecule has 1 fully saturated rings. The highest BCUT2D eigenvalue weighted by Crippen LogP contribution is 2.17. The van der Waals surface area contributed by atoms with Crippen LogP contribution in [-0.2, 0) is 4.74 Å². The summed E-state index contributed by atoms with van der Waals surface area (Å²) >= 11 is 0. The van der Waals surface area contributed by atoms with E-state index >= 15 is 0 Å². The second kappa shape index (κ2) is 9.43. The molecule has 0 aliphatic carbocycles. The highest BCUT2D eigenvalue weighted by atomic mass is 16.5. The van der Waals surface area contributed by atoms with Gasteiger partial charge in [-0.2, -0.15) is 0 Å². The van der Waals surface area contributed by atoms with Gasteiger partial charge in [0.05, 0.1) is 13.2 Å². The van der Waals surface area contributed by atoms with E-state index < -0.39 is 0 Å². The molecule has 1 heterocycles. The molecule has 1 saturated heterocycles. The van der Waals surface area contributed by atoms with Crippen LogP contribution < -0.4 is 10.6 Å². The summed E-state index contributed by atoms with van der Waals surface area (Å²) in [6.45, 7) is 7.95. The van der Waals surface area contributed by atoms with Crippen LogP contribution in [0, 0.1) is 0 Å². The third-order valence-electron chi connectivity index (χ3n) is 4.05. The number of ether oxygens (including phenoxy) is 1. The second-order valence-electron chi connectivity index (χ2n) is 5.74. The first-order valence-corrected chi connectivity index (χ1v) is 8.12. The average molecular weight is 305 g/mol. The predicted octanol–water partition coefficient (Wildman–Crippen LogP) is 1.81. The fourth-order valence-corrected chi connectivity index (χ4v) is 2.57. The Hall–Kier alpha value is -1.59. The Labute approximate surface area is 133 Å². The maximum Gasteiger partial charge on any atom is 0.314 e. The largest absolute Gasteiger partial charge is 0.379 e. The number of carbonyl (C=O) groups excluding carboxylic acids is 1. The number of nitrogens with one attached hydrogen (secondary N) is 2. The number of urea groups is 1. The summed E-state index contributed by atoms with van der Waals surface area (Å²) in [5, 5.41) is 5.84. The summed E-state index contributed by atoms with van der Waals surface area (Å²) in [5.74, 6) is 0.454. The monoisotopic (exact) mass is 305 g/mol. The van der Waals surface area contributed by atoms with Gasteiger partial charge in [0.25, 0.3) is 0 Å². The number of morpholine rings is 1. The third kappa shape index (κ3) is 6.03. The SMILES string of the molecule is C[C@@H](CCNC(=O)NCCN1CCOCC1)c1ccccc1. The molecule has 0 saturated carbocycles. The van der Waals surface area contributed by atoms with Gasteiger partial charge in [0.1, 0.15) is 0 Å². The van der Waals surface area contributed by atoms with Crippen molar-refractivity contribution in [1.29, 1.82) is 0 Å². The summed E-state index contributed by atoms with van der Waals surface area (Å²) in [6.07, 6.45) is 0.945. The van der Waals surface area contributed by atoms with E-state index in [2.05, 4.69) is 46.7 Å². The van der Waals surface area contributed by atoms with Gasteiger partial charge in [-0.15, -0.1) is 0 Å². The number of nitrogens with zero attached hydrogens (tertiary/aromatic N) is 1. The van der Waals surface area contributed by atoms with Crippen molar-refractivity contribution >= 4 is 6.03 Å². The minimum atomic E-state index is -0.0754. The van der Waals surface area contributed by atoms with E-state index in [0.29, 0.717) is 19.0 Å². The highest BCUT2D eigenvalue weighted by Gasteiger charge is 2.10. The lowest BCUT2D eigenvalue weighted by Gasteiger charge is -2.26. The topological polar surface area (TPSA) is 53.6 Å². The van der Waals surface area contributed by atoms with Crippen LogP contribution >= 0.6 is 0 Å². The Morgan fingerprint density at radius 1 is 1.18 bits per heavy atom. The summed E-state index contributed by atoms with van der Waals surface area (Å²) in [5.41, 5.74) is 1.32. The fraction of sp³-hybridized carbons (Fsp3) is 0.588. The highest BCUT2D eigenvalue weighted by molar-refractivity contribution is 5.73. The van der Waals surface area contributed by atoms with Crippen LogP contribution in [0.3, 0.4) is 0 Å². The van der Waals surface area contributed by atoms with Gasteiger partial charge in [-0.25, -0.2) is 4.79 Å². The number of amides is 2. The smallest absolute Gasteiger partial charge is 0.314 e. The van der Waals surface area contributed by atoms with Gasteiger partial charge >= 0.3 is 6.03 Å². The van der Waals surface area contributed by atoms with E-state index in [1.165, 1.54) is 5.56 Å². The van der Waals surface area contributed by atoms with E-state index in [4.69, 9.17) is 4.74 Å². The molecule has 0 bridgehead atoms. The molecule has 1 aliphatic rings. The number of benzene rings is 1. The zero-order valence-corrected chi connectivity index (χ0v) is 13.4. The molecule has 5 nitrogen and oxygen atoms in total. The Kier molecular flexibility index (Phi) is 7.19. The number of carbonyl (C=O) groups is 1. The average Bonchev–Trinajstić information content (AvgIpc) is 2.56. The van der Waals surface area contributed by atoms with Crippen molar-refractivity contribution in [3.05, 3.63) is 35.9 Å². The van der Waals surface area contributed by atoms with Crippen molar-refractivity contribution in [3.63, 3.8) is 0 Å². The molecule has 1 aromatic carbocycles. The van der Waals surface area contributed by atoms with Crippen molar-refractivity contribution < 1.29 is 9.53 Å². The maximum absolute atomic E-state index is 11.7. The summed E-state index contributed by atoms with van der Waals surface area (Å²) < 4.78 is 5.30. The number of rotatable bonds is 7. The van der Waals surface area contributed by atoms with Gasteiger partial charge in [-0.05, 0) is 17.9 Å². The first-order chi connectivity index (χ1) is 10.8. The standard InChI is InChI=1S/C17H27N3O2/c1-15(16-5-3-2-4-6-16)7-8-18-17(21)19-9-10-20-11-13-22-14-12-20/h2-6,15H,7-14H2,1H3,(H2,18,19,21)/t15-/m0/s1. The molecule has 2 rings (SSSR count). The molecular weight excluding hydrogens is 278 g/mol. The van der Waals surface area contributed by atoms with Crippen molar-refractivity contribution in [3.8, 4) is 0 Å². The van der Waals surface area contributed by atoms with E-state index in [-0.39, 0.29) is 6.03 Å². The zero-order valence-electron chi connectivity index (χ0n) is 13.4. The molecule has 1 aromatic rings. The zero-order chi connectivity index (χ0) is 15.6. The molecule has 1 aliphatic heterocycles. The van der Waals surface area contributed by atoms with Crippen LogP contribution in [0.15, 0.2) is 30.3 Å². The molecule has 122 valence electrons. The van der Waals surface area contributed by atoms with Gasteiger partial charge in [0.2, 0.25) is 0 Å².